The second-order valence-corrected chi connectivity index (χ2v) is 4.96. The minimum atomic E-state index is 0.145. The van der Waals surface area contributed by atoms with Crippen LogP contribution in [-0.4, -0.2) is 37.0 Å². The number of nitrogens with zero attached hydrogens (tertiary/aromatic N) is 2. The summed E-state index contributed by atoms with van der Waals surface area (Å²) in [6.45, 7) is 0.844. The van der Waals surface area contributed by atoms with Crippen LogP contribution in [-0.2, 0) is 0 Å². The highest BCUT2D eigenvalue weighted by molar-refractivity contribution is 6.00. The molecule has 84 valence electrons. The first-order chi connectivity index (χ1) is 7.64. The number of para-hydroxylation sites is 1. The van der Waals surface area contributed by atoms with Crippen molar-refractivity contribution in [2.75, 3.05) is 25.5 Å². The van der Waals surface area contributed by atoms with E-state index >= 15 is 0 Å². The lowest BCUT2D eigenvalue weighted by Crippen LogP contribution is -2.41. The van der Waals surface area contributed by atoms with Crippen LogP contribution in [0, 0.1) is 0 Å². The monoisotopic (exact) mass is 216 g/mol. The van der Waals surface area contributed by atoms with Crippen molar-refractivity contribution >= 4 is 11.6 Å². The molecule has 0 aromatic heterocycles. The molecule has 3 heteroatoms. The fourth-order valence-corrected chi connectivity index (χ4v) is 2.67. The van der Waals surface area contributed by atoms with Gasteiger partial charge in [-0.05, 0) is 25.0 Å². The second kappa shape index (κ2) is 3.00. The van der Waals surface area contributed by atoms with E-state index in [0.717, 1.165) is 17.8 Å². The Morgan fingerprint density at radius 2 is 1.88 bits per heavy atom. The number of likely N-dealkylation sites (N-methyl/N-ethyl adjacent to an activating group) is 2. The lowest BCUT2D eigenvalue weighted by molar-refractivity contribution is 0.0791. The highest BCUT2D eigenvalue weighted by Crippen LogP contribution is 2.46. The summed E-state index contributed by atoms with van der Waals surface area (Å²) < 4.78 is 0. The molecular weight excluding hydrogens is 200 g/mol. The molecule has 16 heavy (non-hydrogen) atoms. The van der Waals surface area contributed by atoms with Crippen LogP contribution in [0.4, 0.5) is 5.69 Å². The van der Waals surface area contributed by atoms with Crippen molar-refractivity contribution in [3.8, 4) is 0 Å². The Morgan fingerprint density at radius 1 is 1.19 bits per heavy atom. The largest absolute Gasteiger partial charge is 0.366 e. The van der Waals surface area contributed by atoms with E-state index < -0.39 is 0 Å². The van der Waals surface area contributed by atoms with Crippen LogP contribution in [0.5, 0.6) is 0 Å². The molecule has 0 N–H and O–H groups in total. The third-order valence-electron chi connectivity index (χ3n) is 3.91. The van der Waals surface area contributed by atoms with Crippen molar-refractivity contribution in [3.05, 3.63) is 29.8 Å². The topological polar surface area (TPSA) is 23.6 Å². The van der Waals surface area contributed by atoms with Gasteiger partial charge in [-0.1, -0.05) is 12.1 Å². The molecule has 1 aliphatic carbocycles. The molecule has 1 spiro atoms. The molecule has 1 amide bonds. The van der Waals surface area contributed by atoms with Crippen LogP contribution in [0.2, 0.25) is 0 Å². The zero-order valence-corrected chi connectivity index (χ0v) is 9.73. The summed E-state index contributed by atoms with van der Waals surface area (Å²) >= 11 is 0. The van der Waals surface area contributed by atoms with Crippen molar-refractivity contribution < 1.29 is 4.79 Å². The van der Waals surface area contributed by atoms with Crippen LogP contribution in [0.25, 0.3) is 0 Å². The van der Waals surface area contributed by atoms with Crippen LogP contribution < -0.4 is 4.90 Å². The molecule has 0 radical (unpaired) electrons. The molecule has 3 nitrogen and oxygen atoms in total. The fourth-order valence-electron chi connectivity index (χ4n) is 2.67. The molecule has 0 saturated heterocycles. The van der Waals surface area contributed by atoms with Crippen molar-refractivity contribution in [1.29, 1.82) is 0 Å². The third kappa shape index (κ3) is 1.17. The van der Waals surface area contributed by atoms with E-state index in [2.05, 4.69) is 11.9 Å². The van der Waals surface area contributed by atoms with E-state index in [4.69, 9.17) is 0 Å². The Kier molecular flexibility index (Phi) is 1.82. The van der Waals surface area contributed by atoms with E-state index in [1.165, 1.54) is 12.8 Å². The molecule has 1 aromatic rings. The highest BCUT2D eigenvalue weighted by atomic mass is 16.2. The molecule has 1 fully saturated rings. The molecular formula is C13H16N2O. The van der Waals surface area contributed by atoms with E-state index in [-0.39, 0.29) is 11.4 Å². The maximum atomic E-state index is 12.2. The Morgan fingerprint density at radius 3 is 2.56 bits per heavy atom. The minimum absolute atomic E-state index is 0.145. The molecule has 1 aromatic carbocycles. The van der Waals surface area contributed by atoms with Gasteiger partial charge in [0, 0.05) is 26.3 Å². The summed E-state index contributed by atoms with van der Waals surface area (Å²) in [6.07, 6.45) is 2.38. The maximum absolute atomic E-state index is 12.2. The Labute approximate surface area is 95.7 Å². The zero-order chi connectivity index (χ0) is 11.3. The van der Waals surface area contributed by atoms with Crippen molar-refractivity contribution in [1.82, 2.24) is 4.90 Å². The lowest BCUT2D eigenvalue weighted by Gasteiger charge is -2.29. The summed E-state index contributed by atoms with van der Waals surface area (Å²) in [4.78, 5) is 16.3. The van der Waals surface area contributed by atoms with Gasteiger partial charge in [0.25, 0.3) is 5.91 Å². The van der Waals surface area contributed by atoms with E-state index in [9.17, 15) is 4.79 Å². The Hall–Kier alpha value is -1.51. The maximum Gasteiger partial charge on any atom is 0.255 e. The molecule has 0 unspecified atom stereocenters. The molecule has 0 atom stereocenters. The third-order valence-corrected chi connectivity index (χ3v) is 3.91. The minimum Gasteiger partial charge on any atom is -0.366 e. The zero-order valence-electron chi connectivity index (χ0n) is 9.73. The highest BCUT2D eigenvalue weighted by Gasteiger charge is 2.50. The summed E-state index contributed by atoms with van der Waals surface area (Å²) in [7, 11) is 4.01. The van der Waals surface area contributed by atoms with Gasteiger partial charge < -0.3 is 9.80 Å². The van der Waals surface area contributed by atoms with Crippen LogP contribution in [0.15, 0.2) is 24.3 Å². The quantitative estimate of drug-likeness (QED) is 0.659. The fraction of sp³-hybridized carbons (Fsp3) is 0.462. The summed E-state index contributed by atoms with van der Waals surface area (Å²) in [5, 5.41) is 0. The first kappa shape index (κ1) is 9.70. The number of carbonyl (C=O) groups is 1. The molecule has 2 aliphatic rings. The van der Waals surface area contributed by atoms with Crippen molar-refractivity contribution in [2.45, 2.75) is 18.4 Å². The number of rotatable bonds is 0. The van der Waals surface area contributed by atoms with Gasteiger partial charge in [0.1, 0.15) is 0 Å². The molecule has 1 aliphatic heterocycles. The number of hydrogen-bond acceptors (Lipinski definition) is 2. The molecule has 1 saturated carbocycles. The normalized spacial score (nSPS) is 22.0. The molecule has 0 bridgehead atoms. The number of carbonyl (C=O) groups excluding carboxylic acids is 1. The van der Waals surface area contributed by atoms with Gasteiger partial charge in [-0.25, -0.2) is 0 Å². The SMILES string of the molecule is CN1CC2(CC2)N(C)c2ccccc2C1=O. The summed E-state index contributed by atoms with van der Waals surface area (Å²) in [6, 6.07) is 7.91. The molecule has 3 rings (SSSR count). The van der Waals surface area contributed by atoms with Gasteiger partial charge in [0.2, 0.25) is 0 Å². The first-order valence-corrected chi connectivity index (χ1v) is 5.72. The van der Waals surface area contributed by atoms with Gasteiger partial charge in [-0.3, -0.25) is 4.79 Å². The van der Waals surface area contributed by atoms with Crippen LogP contribution in [0.1, 0.15) is 23.2 Å². The second-order valence-electron chi connectivity index (χ2n) is 4.96. The Balaban J connectivity index is 2.16. The van der Waals surface area contributed by atoms with Gasteiger partial charge >= 0.3 is 0 Å². The van der Waals surface area contributed by atoms with E-state index in [1.54, 1.807) is 0 Å². The van der Waals surface area contributed by atoms with Gasteiger partial charge in [-0.15, -0.1) is 0 Å². The van der Waals surface area contributed by atoms with Gasteiger partial charge in [-0.2, -0.15) is 0 Å². The summed E-state index contributed by atoms with van der Waals surface area (Å²) in [5.74, 6) is 0.145. The number of anilines is 1. The van der Waals surface area contributed by atoms with E-state index in [0.29, 0.717) is 0 Å². The number of hydrogen-bond donors (Lipinski definition) is 0. The number of benzene rings is 1. The van der Waals surface area contributed by atoms with Gasteiger partial charge in [0.15, 0.2) is 0 Å². The smallest absolute Gasteiger partial charge is 0.255 e. The molecule has 1 heterocycles. The Bertz CT molecular complexity index is 451. The van der Waals surface area contributed by atoms with Crippen molar-refractivity contribution in [3.63, 3.8) is 0 Å². The first-order valence-electron chi connectivity index (χ1n) is 5.72. The predicted molar refractivity (Wildman–Crippen MR) is 63.8 cm³/mol. The standard InChI is InChI=1S/C13H16N2O/c1-14-9-13(7-8-13)15(2)11-6-4-3-5-10(11)12(14)16/h3-6H,7-9H2,1-2H3. The lowest BCUT2D eigenvalue weighted by atomic mass is 10.1. The average Bonchev–Trinajstić information content (AvgIpc) is 3.07. The van der Waals surface area contributed by atoms with E-state index in [1.807, 2.05) is 36.2 Å². The predicted octanol–water partition coefficient (Wildman–Crippen LogP) is 1.74. The van der Waals surface area contributed by atoms with Crippen LogP contribution >= 0.6 is 0 Å². The number of amides is 1. The number of fused-ring (bicyclic) bond motifs is 1. The van der Waals surface area contributed by atoms with Gasteiger partial charge in [0.05, 0.1) is 11.1 Å². The summed E-state index contributed by atoms with van der Waals surface area (Å²) in [5.41, 5.74) is 2.11. The average molecular weight is 216 g/mol. The van der Waals surface area contributed by atoms with Crippen LogP contribution in [0.3, 0.4) is 0 Å². The van der Waals surface area contributed by atoms with Crippen molar-refractivity contribution in [2.24, 2.45) is 0 Å².